The Bertz CT molecular complexity index is 1140. The number of methoxy groups -OCH3 is 1. The monoisotopic (exact) mass is 371 g/mol. The fraction of sp³-hybridized carbons (Fsp3) is 0.217. The number of hydrogen-bond acceptors (Lipinski definition) is 5. The first-order valence-corrected chi connectivity index (χ1v) is 9.38. The van der Waals surface area contributed by atoms with Gasteiger partial charge in [0.15, 0.2) is 0 Å². The van der Waals surface area contributed by atoms with Crippen LogP contribution in [0.3, 0.4) is 0 Å². The second-order valence-corrected chi connectivity index (χ2v) is 7.29. The van der Waals surface area contributed by atoms with Gasteiger partial charge in [0, 0.05) is 41.7 Å². The first-order valence-electron chi connectivity index (χ1n) is 9.38. The van der Waals surface area contributed by atoms with E-state index in [1.54, 1.807) is 19.6 Å². The lowest BCUT2D eigenvalue weighted by atomic mass is 9.83. The van der Waals surface area contributed by atoms with Gasteiger partial charge in [-0.1, -0.05) is 12.1 Å². The van der Waals surface area contributed by atoms with Crippen molar-refractivity contribution in [3.05, 3.63) is 77.7 Å². The van der Waals surface area contributed by atoms with Gasteiger partial charge < -0.3 is 14.1 Å². The summed E-state index contributed by atoms with van der Waals surface area (Å²) in [6.07, 6.45) is 3.43. The van der Waals surface area contributed by atoms with Crippen LogP contribution in [-0.4, -0.2) is 35.8 Å². The van der Waals surface area contributed by atoms with Crippen LogP contribution in [0.25, 0.3) is 22.2 Å². The van der Waals surface area contributed by atoms with Crippen molar-refractivity contribution in [1.29, 1.82) is 0 Å². The first-order chi connectivity index (χ1) is 13.7. The highest BCUT2D eigenvalue weighted by Crippen LogP contribution is 2.42. The molecule has 2 aromatic carbocycles. The normalized spacial score (nSPS) is 16.9. The van der Waals surface area contributed by atoms with Crippen LogP contribution in [0.5, 0.6) is 5.75 Å². The number of ether oxygens (including phenoxy) is 1. The molecular formula is C23H21N3O2. The molecule has 5 heteroatoms. The Morgan fingerprint density at radius 2 is 2.07 bits per heavy atom. The third-order valence-corrected chi connectivity index (χ3v) is 5.53. The highest BCUT2D eigenvalue weighted by atomic mass is 16.5. The minimum absolute atomic E-state index is 0.276. The highest BCUT2D eigenvalue weighted by Gasteiger charge is 2.29. The SMILES string of the molecule is COc1c(-c2cccnn2)ccc2c1CN(C)CC2c1ccc2occc2c1. The molecule has 0 N–H and O–H groups in total. The predicted octanol–water partition coefficient (Wildman–Crippen LogP) is 4.48. The fourth-order valence-electron chi connectivity index (χ4n) is 4.24. The lowest BCUT2D eigenvalue weighted by Crippen LogP contribution is -2.31. The minimum atomic E-state index is 0.276. The molecule has 0 aliphatic carbocycles. The van der Waals surface area contributed by atoms with Crippen LogP contribution in [0.15, 0.2) is 65.4 Å². The number of fused-ring (bicyclic) bond motifs is 2. The van der Waals surface area contributed by atoms with Gasteiger partial charge in [0.25, 0.3) is 0 Å². The van der Waals surface area contributed by atoms with Gasteiger partial charge in [0.1, 0.15) is 11.3 Å². The molecule has 0 saturated heterocycles. The molecule has 4 aromatic rings. The summed E-state index contributed by atoms with van der Waals surface area (Å²) in [4.78, 5) is 2.34. The Hall–Kier alpha value is -3.18. The van der Waals surface area contributed by atoms with Crippen LogP contribution in [0.2, 0.25) is 0 Å². The number of hydrogen-bond donors (Lipinski definition) is 0. The van der Waals surface area contributed by atoms with Crippen molar-refractivity contribution < 1.29 is 9.15 Å². The molecule has 1 aliphatic rings. The van der Waals surface area contributed by atoms with Gasteiger partial charge in [0.2, 0.25) is 0 Å². The molecule has 0 bridgehead atoms. The molecular weight excluding hydrogens is 350 g/mol. The van der Waals surface area contributed by atoms with E-state index in [-0.39, 0.29) is 5.92 Å². The standard InChI is InChI=1S/C23H21N3O2/c1-26-13-19(15-5-8-22-16(12-15)9-11-28-22)17-6-7-18(21-4-3-10-24-25-21)23(27-2)20(17)14-26/h3-12,19H,13-14H2,1-2H3. The number of likely N-dealkylation sites (N-methyl/N-ethyl adjacent to an activating group) is 1. The van der Waals surface area contributed by atoms with Gasteiger partial charge >= 0.3 is 0 Å². The summed E-state index contributed by atoms with van der Waals surface area (Å²) in [5, 5.41) is 9.44. The summed E-state index contributed by atoms with van der Waals surface area (Å²) in [6.45, 7) is 1.81. The second kappa shape index (κ2) is 6.77. The third-order valence-electron chi connectivity index (χ3n) is 5.53. The Labute approximate surface area is 163 Å². The van der Waals surface area contributed by atoms with E-state index in [9.17, 15) is 0 Å². The van der Waals surface area contributed by atoms with Crippen molar-refractivity contribution in [2.45, 2.75) is 12.5 Å². The van der Waals surface area contributed by atoms with E-state index < -0.39 is 0 Å². The molecule has 0 fully saturated rings. The Kier molecular flexibility index (Phi) is 4.10. The molecule has 5 nitrogen and oxygen atoms in total. The Morgan fingerprint density at radius 3 is 2.89 bits per heavy atom. The molecule has 0 amide bonds. The summed E-state index contributed by atoms with van der Waals surface area (Å²) in [5.74, 6) is 1.16. The van der Waals surface area contributed by atoms with Gasteiger partial charge in [-0.15, -0.1) is 0 Å². The minimum Gasteiger partial charge on any atom is -0.496 e. The van der Waals surface area contributed by atoms with Crippen LogP contribution in [-0.2, 0) is 6.54 Å². The van der Waals surface area contributed by atoms with Crippen LogP contribution in [0.4, 0.5) is 0 Å². The molecule has 1 aliphatic heterocycles. The molecule has 0 spiro atoms. The maximum absolute atomic E-state index is 5.88. The summed E-state index contributed by atoms with van der Waals surface area (Å²) in [7, 11) is 3.89. The summed E-state index contributed by atoms with van der Waals surface area (Å²) in [6, 6.07) is 16.7. The van der Waals surface area contributed by atoms with Crippen molar-refractivity contribution in [3.63, 3.8) is 0 Å². The fourth-order valence-corrected chi connectivity index (χ4v) is 4.24. The van der Waals surface area contributed by atoms with Crippen molar-refractivity contribution in [2.75, 3.05) is 20.7 Å². The van der Waals surface area contributed by atoms with Crippen LogP contribution >= 0.6 is 0 Å². The molecule has 1 unspecified atom stereocenters. The maximum Gasteiger partial charge on any atom is 0.133 e. The van der Waals surface area contributed by atoms with Gasteiger partial charge in [-0.05, 0) is 54.6 Å². The predicted molar refractivity (Wildman–Crippen MR) is 108 cm³/mol. The topological polar surface area (TPSA) is 51.4 Å². The Balaban J connectivity index is 1.66. The molecule has 1 atom stereocenters. The lowest BCUT2D eigenvalue weighted by Gasteiger charge is -2.34. The third kappa shape index (κ3) is 2.75. The van der Waals surface area contributed by atoms with Crippen molar-refractivity contribution in [2.24, 2.45) is 0 Å². The first kappa shape index (κ1) is 17.0. The maximum atomic E-state index is 5.88. The zero-order chi connectivity index (χ0) is 19.1. The van der Waals surface area contributed by atoms with Gasteiger partial charge in [-0.25, -0.2) is 0 Å². The molecule has 5 rings (SSSR count). The molecule has 0 radical (unpaired) electrons. The molecule has 140 valence electrons. The largest absolute Gasteiger partial charge is 0.496 e. The average Bonchev–Trinajstić information content (AvgIpc) is 3.20. The summed E-state index contributed by atoms with van der Waals surface area (Å²) >= 11 is 0. The summed E-state index contributed by atoms with van der Waals surface area (Å²) < 4.78 is 11.4. The van der Waals surface area contributed by atoms with E-state index >= 15 is 0 Å². The smallest absolute Gasteiger partial charge is 0.133 e. The van der Waals surface area contributed by atoms with Crippen LogP contribution in [0, 0.1) is 0 Å². The van der Waals surface area contributed by atoms with E-state index in [4.69, 9.17) is 9.15 Å². The van der Waals surface area contributed by atoms with Gasteiger partial charge in [0.05, 0.1) is 19.1 Å². The van der Waals surface area contributed by atoms with E-state index in [1.165, 1.54) is 16.7 Å². The van der Waals surface area contributed by atoms with E-state index in [0.717, 1.165) is 41.1 Å². The van der Waals surface area contributed by atoms with Crippen LogP contribution in [0.1, 0.15) is 22.6 Å². The number of benzene rings is 2. The summed E-state index contributed by atoms with van der Waals surface area (Å²) in [5.41, 5.74) is 6.54. The number of aromatic nitrogens is 2. The van der Waals surface area contributed by atoms with Crippen LogP contribution < -0.4 is 4.74 Å². The quantitative estimate of drug-likeness (QED) is 0.532. The number of furan rings is 1. The van der Waals surface area contributed by atoms with E-state index in [0.29, 0.717) is 0 Å². The lowest BCUT2D eigenvalue weighted by molar-refractivity contribution is 0.286. The average molecular weight is 371 g/mol. The molecule has 28 heavy (non-hydrogen) atoms. The van der Waals surface area contributed by atoms with E-state index in [1.807, 2.05) is 18.2 Å². The molecule has 3 heterocycles. The Morgan fingerprint density at radius 1 is 1.14 bits per heavy atom. The van der Waals surface area contributed by atoms with Gasteiger partial charge in [-0.2, -0.15) is 10.2 Å². The molecule has 0 saturated carbocycles. The zero-order valence-corrected chi connectivity index (χ0v) is 15.9. The van der Waals surface area contributed by atoms with E-state index in [2.05, 4.69) is 52.5 Å². The van der Waals surface area contributed by atoms with Crippen molar-refractivity contribution in [1.82, 2.24) is 15.1 Å². The number of nitrogens with zero attached hydrogens (tertiary/aromatic N) is 3. The van der Waals surface area contributed by atoms with Crippen molar-refractivity contribution >= 4 is 11.0 Å². The van der Waals surface area contributed by atoms with Crippen molar-refractivity contribution in [3.8, 4) is 17.0 Å². The van der Waals surface area contributed by atoms with Gasteiger partial charge in [-0.3, -0.25) is 0 Å². The second-order valence-electron chi connectivity index (χ2n) is 7.29. The number of rotatable bonds is 3. The zero-order valence-electron chi connectivity index (χ0n) is 15.9. The molecule has 2 aromatic heterocycles. The highest BCUT2D eigenvalue weighted by molar-refractivity contribution is 5.78.